The fourth-order valence-electron chi connectivity index (χ4n) is 2.49. The number of carbonyl (C=O) groups is 2. The zero-order chi connectivity index (χ0) is 13.7. The number of carboxylic acids is 1. The SMILES string of the molecule is O=C(O)C1CCC(C(=O)NCCc2ncc[nH]2)CC1. The Bertz CT molecular complexity index is 422. The summed E-state index contributed by atoms with van der Waals surface area (Å²) in [5.74, 6) is -0.152. The summed E-state index contributed by atoms with van der Waals surface area (Å²) < 4.78 is 0. The van der Waals surface area contributed by atoms with Crippen molar-refractivity contribution in [3.05, 3.63) is 18.2 Å². The van der Waals surface area contributed by atoms with Gasteiger partial charge in [-0.15, -0.1) is 0 Å². The lowest BCUT2D eigenvalue weighted by molar-refractivity contribution is -0.144. The van der Waals surface area contributed by atoms with Crippen molar-refractivity contribution in [2.45, 2.75) is 32.1 Å². The molecule has 0 spiro atoms. The Kier molecular flexibility index (Phi) is 4.54. The number of nitrogens with one attached hydrogen (secondary N) is 2. The average Bonchev–Trinajstić information content (AvgIpc) is 2.92. The lowest BCUT2D eigenvalue weighted by atomic mass is 9.81. The number of hydrogen-bond donors (Lipinski definition) is 3. The average molecular weight is 265 g/mol. The predicted octanol–water partition coefficient (Wildman–Crippen LogP) is 0.959. The molecule has 3 N–H and O–H groups in total. The van der Waals surface area contributed by atoms with Crippen molar-refractivity contribution in [3.63, 3.8) is 0 Å². The highest BCUT2D eigenvalue weighted by Gasteiger charge is 2.29. The molecule has 1 amide bonds. The van der Waals surface area contributed by atoms with Gasteiger partial charge in [0.2, 0.25) is 5.91 Å². The van der Waals surface area contributed by atoms with E-state index in [1.165, 1.54) is 0 Å². The molecule has 1 aliphatic rings. The second kappa shape index (κ2) is 6.36. The zero-order valence-corrected chi connectivity index (χ0v) is 10.8. The van der Waals surface area contributed by atoms with Gasteiger partial charge >= 0.3 is 5.97 Å². The summed E-state index contributed by atoms with van der Waals surface area (Å²) in [6.45, 7) is 0.561. The Balaban J connectivity index is 1.68. The number of amides is 1. The molecule has 0 aliphatic heterocycles. The van der Waals surface area contributed by atoms with Gasteiger partial charge in [-0.25, -0.2) is 4.98 Å². The normalized spacial score (nSPS) is 22.9. The molecule has 19 heavy (non-hydrogen) atoms. The lowest BCUT2D eigenvalue weighted by Gasteiger charge is -2.25. The third-order valence-corrected chi connectivity index (χ3v) is 3.66. The van der Waals surface area contributed by atoms with Gasteiger partial charge in [0.05, 0.1) is 5.92 Å². The molecule has 6 heteroatoms. The Morgan fingerprint density at radius 1 is 1.32 bits per heavy atom. The predicted molar refractivity (Wildman–Crippen MR) is 68.4 cm³/mol. The Morgan fingerprint density at radius 2 is 2.00 bits per heavy atom. The van der Waals surface area contributed by atoms with Crippen LogP contribution >= 0.6 is 0 Å². The highest BCUT2D eigenvalue weighted by molar-refractivity contribution is 5.79. The van der Waals surface area contributed by atoms with Gasteiger partial charge in [-0.05, 0) is 25.7 Å². The van der Waals surface area contributed by atoms with Crippen molar-refractivity contribution in [2.75, 3.05) is 6.54 Å². The summed E-state index contributed by atoms with van der Waals surface area (Å²) in [6.07, 6.45) is 6.67. The number of H-pyrrole nitrogens is 1. The van der Waals surface area contributed by atoms with Crippen LogP contribution in [0.3, 0.4) is 0 Å². The second-order valence-electron chi connectivity index (χ2n) is 4.96. The van der Waals surface area contributed by atoms with Crippen molar-refractivity contribution < 1.29 is 14.7 Å². The summed E-state index contributed by atoms with van der Waals surface area (Å²) in [7, 11) is 0. The molecule has 1 aliphatic carbocycles. The number of rotatable bonds is 5. The standard InChI is InChI=1S/C13H19N3O3/c17-12(16-6-5-11-14-7-8-15-11)9-1-3-10(4-2-9)13(18)19/h7-10H,1-6H2,(H,14,15)(H,16,17)(H,18,19). The minimum Gasteiger partial charge on any atom is -0.481 e. The third kappa shape index (κ3) is 3.81. The van der Waals surface area contributed by atoms with Crippen molar-refractivity contribution in [2.24, 2.45) is 11.8 Å². The number of carboxylic acid groups (broad SMARTS) is 1. The fourth-order valence-corrected chi connectivity index (χ4v) is 2.49. The molecular formula is C13H19N3O3. The van der Waals surface area contributed by atoms with E-state index in [4.69, 9.17) is 5.11 Å². The molecule has 6 nitrogen and oxygen atoms in total. The van der Waals surface area contributed by atoms with Crippen molar-refractivity contribution in [1.29, 1.82) is 0 Å². The summed E-state index contributed by atoms with van der Waals surface area (Å²) in [4.78, 5) is 29.8. The third-order valence-electron chi connectivity index (χ3n) is 3.66. The van der Waals surface area contributed by atoms with Gasteiger partial charge in [0.15, 0.2) is 0 Å². The first-order valence-electron chi connectivity index (χ1n) is 6.65. The maximum atomic E-state index is 11.9. The molecule has 0 atom stereocenters. The van der Waals surface area contributed by atoms with Crippen molar-refractivity contribution in [1.82, 2.24) is 15.3 Å². The molecular weight excluding hydrogens is 246 g/mol. The maximum absolute atomic E-state index is 11.9. The molecule has 0 radical (unpaired) electrons. The number of nitrogens with zero attached hydrogens (tertiary/aromatic N) is 1. The summed E-state index contributed by atoms with van der Waals surface area (Å²) in [6, 6.07) is 0. The van der Waals surface area contributed by atoms with E-state index in [1.807, 2.05) is 0 Å². The molecule has 104 valence electrons. The first-order valence-corrected chi connectivity index (χ1v) is 6.65. The van der Waals surface area contributed by atoms with E-state index in [0.717, 1.165) is 5.82 Å². The van der Waals surface area contributed by atoms with Crippen molar-refractivity contribution in [3.8, 4) is 0 Å². The number of aliphatic carboxylic acids is 1. The number of aromatic nitrogens is 2. The van der Waals surface area contributed by atoms with Crippen LogP contribution in [0.5, 0.6) is 0 Å². The van der Waals surface area contributed by atoms with E-state index in [-0.39, 0.29) is 17.7 Å². The van der Waals surface area contributed by atoms with Crippen LogP contribution in [0.2, 0.25) is 0 Å². The van der Waals surface area contributed by atoms with Gasteiger partial charge in [0.1, 0.15) is 5.82 Å². The van der Waals surface area contributed by atoms with Crippen LogP contribution in [-0.2, 0) is 16.0 Å². The van der Waals surface area contributed by atoms with Crippen LogP contribution < -0.4 is 5.32 Å². The van der Waals surface area contributed by atoms with E-state index in [1.54, 1.807) is 12.4 Å². The Labute approximate surface area is 111 Å². The van der Waals surface area contributed by atoms with Crippen LogP contribution in [0.25, 0.3) is 0 Å². The molecule has 1 heterocycles. The van der Waals surface area contributed by atoms with Crippen LogP contribution in [0, 0.1) is 11.8 Å². The molecule has 1 aromatic rings. The topological polar surface area (TPSA) is 95.1 Å². The first kappa shape index (κ1) is 13.6. The lowest BCUT2D eigenvalue weighted by Crippen LogP contribution is -2.35. The largest absolute Gasteiger partial charge is 0.481 e. The minimum atomic E-state index is -0.739. The van der Waals surface area contributed by atoms with Gasteiger partial charge in [-0.1, -0.05) is 0 Å². The fraction of sp³-hybridized carbons (Fsp3) is 0.615. The van der Waals surface area contributed by atoms with Crippen LogP contribution in [0.15, 0.2) is 12.4 Å². The van der Waals surface area contributed by atoms with E-state index in [2.05, 4.69) is 15.3 Å². The minimum absolute atomic E-state index is 0.0350. The monoisotopic (exact) mass is 265 g/mol. The highest BCUT2D eigenvalue weighted by Crippen LogP contribution is 2.28. The summed E-state index contributed by atoms with van der Waals surface area (Å²) in [5, 5.41) is 11.8. The molecule has 1 fully saturated rings. The number of carbonyl (C=O) groups excluding carboxylic acids is 1. The number of imidazole rings is 1. The maximum Gasteiger partial charge on any atom is 0.306 e. The van der Waals surface area contributed by atoms with Gasteiger partial charge < -0.3 is 15.4 Å². The van der Waals surface area contributed by atoms with E-state index >= 15 is 0 Å². The smallest absolute Gasteiger partial charge is 0.306 e. The van der Waals surface area contributed by atoms with E-state index in [9.17, 15) is 9.59 Å². The highest BCUT2D eigenvalue weighted by atomic mass is 16.4. The van der Waals surface area contributed by atoms with Gasteiger partial charge in [-0.3, -0.25) is 9.59 Å². The van der Waals surface area contributed by atoms with Gasteiger partial charge in [0.25, 0.3) is 0 Å². The van der Waals surface area contributed by atoms with E-state index in [0.29, 0.717) is 38.6 Å². The quantitative estimate of drug-likeness (QED) is 0.739. The molecule has 2 rings (SSSR count). The van der Waals surface area contributed by atoms with Crippen LogP contribution in [-0.4, -0.2) is 33.5 Å². The molecule has 0 unspecified atom stereocenters. The Hall–Kier alpha value is -1.85. The van der Waals surface area contributed by atoms with E-state index < -0.39 is 5.97 Å². The van der Waals surface area contributed by atoms with Crippen molar-refractivity contribution >= 4 is 11.9 Å². The second-order valence-corrected chi connectivity index (χ2v) is 4.96. The first-order chi connectivity index (χ1) is 9.16. The Morgan fingerprint density at radius 3 is 2.58 bits per heavy atom. The van der Waals surface area contributed by atoms with Gasteiger partial charge in [0, 0.05) is 31.3 Å². The molecule has 0 aromatic carbocycles. The number of hydrogen-bond acceptors (Lipinski definition) is 3. The molecule has 1 saturated carbocycles. The van der Waals surface area contributed by atoms with Gasteiger partial charge in [-0.2, -0.15) is 0 Å². The van der Waals surface area contributed by atoms with Crippen LogP contribution in [0.1, 0.15) is 31.5 Å². The molecule has 1 aromatic heterocycles. The molecule has 0 saturated heterocycles. The summed E-state index contributed by atoms with van der Waals surface area (Å²) in [5.41, 5.74) is 0. The summed E-state index contributed by atoms with van der Waals surface area (Å²) >= 11 is 0. The van der Waals surface area contributed by atoms with Crippen LogP contribution in [0.4, 0.5) is 0 Å². The molecule has 0 bridgehead atoms. The zero-order valence-electron chi connectivity index (χ0n) is 10.8. The number of aromatic amines is 1.